The van der Waals surface area contributed by atoms with Crippen LogP contribution in [0.25, 0.3) is 0 Å². The van der Waals surface area contributed by atoms with Gasteiger partial charge in [-0.15, -0.1) is 0 Å². The number of methoxy groups -OCH3 is 2. The fourth-order valence-electron chi connectivity index (χ4n) is 4.42. The van der Waals surface area contributed by atoms with Crippen molar-refractivity contribution in [3.8, 4) is 5.75 Å². The van der Waals surface area contributed by atoms with Gasteiger partial charge in [0.15, 0.2) is 0 Å². The fraction of sp³-hybridized carbons (Fsp3) is 0.700. The summed E-state index contributed by atoms with van der Waals surface area (Å²) in [7, 11) is 3.51. The van der Waals surface area contributed by atoms with Crippen LogP contribution in [0.2, 0.25) is 0 Å². The second kappa shape index (κ2) is 8.16. The Balaban J connectivity index is 1.63. The molecular weight excluding hydrogens is 286 g/mol. The van der Waals surface area contributed by atoms with Gasteiger partial charge in [-0.05, 0) is 93.1 Å². The molecular formula is C20H31NO2. The van der Waals surface area contributed by atoms with Crippen LogP contribution in [-0.4, -0.2) is 27.3 Å². The van der Waals surface area contributed by atoms with Crippen LogP contribution in [0.15, 0.2) is 12.1 Å². The molecule has 1 aromatic rings. The minimum Gasteiger partial charge on any atom is -0.496 e. The molecule has 2 aliphatic rings. The molecule has 1 aliphatic carbocycles. The second-order valence-electron chi connectivity index (χ2n) is 7.28. The summed E-state index contributed by atoms with van der Waals surface area (Å²) in [4.78, 5) is 0. The molecule has 23 heavy (non-hydrogen) atoms. The van der Waals surface area contributed by atoms with Gasteiger partial charge in [0.1, 0.15) is 5.75 Å². The molecule has 1 aromatic carbocycles. The molecule has 1 atom stereocenters. The van der Waals surface area contributed by atoms with E-state index < -0.39 is 0 Å². The highest BCUT2D eigenvalue weighted by atomic mass is 16.5. The van der Waals surface area contributed by atoms with Crippen molar-refractivity contribution in [3.63, 3.8) is 0 Å². The molecule has 3 rings (SSSR count). The lowest BCUT2D eigenvalue weighted by molar-refractivity contribution is 0.181. The lowest BCUT2D eigenvalue weighted by Crippen LogP contribution is -2.22. The first-order valence-electron chi connectivity index (χ1n) is 9.18. The van der Waals surface area contributed by atoms with E-state index in [2.05, 4.69) is 17.4 Å². The molecule has 128 valence electrons. The summed E-state index contributed by atoms with van der Waals surface area (Å²) in [6, 6.07) is 4.57. The van der Waals surface area contributed by atoms with Gasteiger partial charge in [-0.25, -0.2) is 0 Å². The summed E-state index contributed by atoms with van der Waals surface area (Å²) in [5, 5.41) is 3.52. The number of nitrogens with one attached hydrogen (secondary N) is 1. The van der Waals surface area contributed by atoms with E-state index in [1.165, 1.54) is 74.7 Å². The van der Waals surface area contributed by atoms with Crippen LogP contribution in [0.3, 0.4) is 0 Å². The highest BCUT2D eigenvalue weighted by Crippen LogP contribution is 2.37. The van der Waals surface area contributed by atoms with Gasteiger partial charge < -0.3 is 14.8 Å². The summed E-state index contributed by atoms with van der Waals surface area (Å²) >= 11 is 0. The van der Waals surface area contributed by atoms with Gasteiger partial charge in [0.25, 0.3) is 0 Å². The van der Waals surface area contributed by atoms with E-state index in [0.29, 0.717) is 6.61 Å². The molecule has 1 saturated heterocycles. The van der Waals surface area contributed by atoms with Crippen molar-refractivity contribution in [1.82, 2.24) is 5.32 Å². The maximum atomic E-state index is 5.55. The van der Waals surface area contributed by atoms with Gasteiger partial charge in [0, 0.05) is 12.7 Å². The quantitative estimate of drug-likeness (QED) is 0.897. The largest absolute Gasteiger partial charge is 0.496 e. The average Bonchev–Trinajstić information content (AvgIpc) is 2.90. The summed E-state index contributed by atoms with van der Waals surface area (Å²) < 4.78 is 10.9. The Morgan fingerprint density at radius 3 is 2.35 bits per heavy atom. The fourth-order valence-corrected chi connectivity index (χ4v) is 4.42. The average molecular weight is 317 g/mol. The molecule has 0 saturated carbocycles. The summed E-state index contributed by atoms with van der Waals surface area (Å²) in [6.45, 7) is 3.05. The van der Waals surface area contributed by atoms with Gasteiger partial charge in [-0.1, -0.05) is 0 Å². The first kappa shape index (κ1) is 16.8. The lowest BCUT2D eigenvalue weighted by Gasteiger charge is -2.23. The van der Waals surface area contributed by atoms with Crippen molar-refractivity contribution in [2.45, 2.75) is 51.6 Å². The maximum Gasteiger partial charge on any atom is 0.124 e. The van der Waals surface area contributed by atoms with Gasteiger partial charge >= 0.3 is 0 Å². The molecule has 0 bridgehead atoms. The van der Waals surface area contributed by atoms with Crippen LogP contribution in [0.1, 0.15) is 48.8 Å². The zero-order valence-corrected chi connectivity index (χ0v) is 14.7. The Hall–Kier alpha value is -1.06. The summed E-state index contributed by atoms with van der Waals surface area (Å²) in [5.74, 6) is 2.74. The molecule has 0 amide bonds. The second-order valence-corrected chi connectivity index (χ2v) is 7.28. The zero-order valence-electron chi connectivity index (χ0n) is 14.7. The van der Waals surface area contributed by atoms with Gasteiger partial charge in [0.2, 0.25) is 0 Å². The van der Waals surface area contributed by atoms with Crippen molar-refractivity contribution >= 4 is 0 Å². The number of rotatable bonds is 5. The van der Waals surface area contributed by atoms with Crippen molar-refractivity contribution in [2.24, 2.45) is 11.8 Å². The summed E-state index contributed by atoms with van der Waals surface area (Å²) in [6.07, 6.45) is 9.36. The molecule has 1 heterocycles. The molecule has 1 aliphatic heterocycles. The zero-order chi connectivity index (χ0) is 16.1. The smallest absolute Gasteiger partial charge is 0.124 e. The molecule has 1 fully saturated rings. The Kier molecular flexibility index (Phi) is 5.96. The van der Waals surface area contributed by atoms with Crippen LogP contribution in [0.4, 0.5) is 0 Å². The van der Waals surface area contributed by atoms with E-state index in [-0.39, 0.29) is 0 Å². The minimum atomic E-state index is 0.636. The van der Waals surface area contributed by atoms with Crippen LogP contribution in [-0.2, 0) is 24.2 Å². The van der Waals surface area contributed by atoms with E-state index in [9.17, 15) is 0 Å². The third-order valence-electron chi connectivity index (χ3n) is 5.52. The first-order chi connectivity index (χ1) is 11.3. The molecule has 0 aromatic heterocycles. The van der Waals surface area contributed by atoms with Gasteiger partial charge in [-0.2, -0.15) is 0 Å². The topological polar surface area (TPSA) is 30.5 Å². The van der Waals surface area contributed by atoms with Crippen LogP contribution >= 0.6 is 0 Å². The van der Waals surface area contributed by atoms with E-state index in [4.69, 9.17) is 9.47 Å². The number of hydrogen-bond acceptors (Lipinski definition) is 3. The molecule has 0 radical (unpaired) electrons. The third kappa shape index (κ3) is 4.27. The van der Waals surface area contributed by atoms with Gasteiger partial charge in [-0.3, -0.25) is 0 Å². The van der Waals surface area contributed by atoms with Crippen LogP contribution in [0, 0.1) is 11.8 Å². The van der Waals surface area contributed by atoms with E-state index in [1.54, 1.807) is 14.2 Å². The Morgan fingerprint density at radius 2 is 1.70 bits per heavy atom. The van der Waals surface area contributed by atoms with Crippen molar-refractivity contribution in [2.75, 3.05) is 27.3 Å². The highest BCUT2D eigenvalue weighted by Gasteiger charge is 2.26. The van der Waals surface area contributed by atoms with E-state index in [1.807, 2.05) is 0 Å². The standard InChI is InChI=1S/C20H31NO2/c1-22-14-19-12-17-10-16(11-18(17)13-20(19)23-2)9-15-5-3-7-21-8-4-6-15/h12-13,15-16,21H,3-11,14H2,1-2H3. The van der Waals surface area contributed by atoms with E-state index in [0.717, 1.165) is 17.6 Å². The molecule has 0 spiro atoms. The molecule has 1 unspecified atom stereocenters. The molecule has 3 heteroatoms. The predicted octanol–water partition coefficient (Wildman–Crippen LogP) is 3.73. The van der Waals surface area contributed by atoms with Crippen molar-refractivity contribution < 1.29 is 9.47 Å². The van der Waals surface area contributed by atoms with Crippen LogP contribution in [0.5, 0.6) is 5.75 Å². The lowest BCUT2D eigenvalue weighted by atomic mass is 9.85. The van der Waals surface area contributed by atoms with Crippen molar-refractivity contribution in [3.05, 3.63) is 28.8 Å². The minimum absolute atomic E-state index is 0.636. The van der Waals surface area contributed by atoms with Crippen LogP contribution < -0.4 is 10.1 Å². The number of fused-ring (bicyclic) bond motifs is 1. The highest BCUT2D eigenvalue weighted by molar-refractivity contribution is 5.45. The number of hydrogen-bond donors (Lipinski definition) is 1. The third-order valence-corrected chi connectivity index (χ3v) is 5.52. The Labute approximate surface area is 140 Å². The molecule has 3 nitrogen and oxygen atoms in total. The Morgan fingerprint density at radius 1 is 1.00 bits per heavy atom. The normalized spacial score (nSPS) is 22.4. The maximum absolute atomic E-state index is 5.55. The summed E-state index contributed by atoms with van der Waals surface area (Å²) in [5.41, 5.74) is 4.21. The number of benzene rings is 1. The first-order valence-corrected chi connectivity index (χ1v) is 9.18. The predicted molar refractivity (Wildman–Crippen MR) is 94.0 cm³/mol. The number of ether oxygens (including phenoxy) is 2. The van der Waals surface area contributed by atoms with Crippen molar-refractivity contribution in [1.29, 1.82) is 0 Å². The van der Waals surface area contributed by atoms with Gasteiger partial charge in [0.05, 0.1) is 13.7 Å². The molecule has 1 N–H and O–H groups in total. The monoisotopic (exact) mass is 317 g/mol. The van der Waals surface area contributed by atoms with E-state index >= 15 is 0 Å². The SMILES string of the molecule is COCc1cc2c(cc1OC)CC(CC1CCCNCCC1)C2. The Bertz CT molecular complexity index is 507.